The maximum Gasteiger partial charge on any atom is 0.321 e. The number of alkyl halides is 1. The standard InChI is InChI=1S/C9H10BrNO4/c1-14-9(13)6(10)5-11-8(12)7-3-2-4-15-7/h2-4,6H,5H2,1H3,(H,11,12). The van der Waals surface area contributed by atoms with Gasteiger partial charge in [-0.25, -0.2) is 0 Å². The molecule has 1 N–H and O–H groups in total. The number of hydrogen-bond donors (Lipinski definition) is 1. The Balaban J connectivity index is 2.38. The van der Waals surface area contributed by atoms with Crippen LogP contribution in [0.25, 0.3) is 0 Å². The van der Waals surface area contributed by atoms with E-state index in [4.69, 9.17) is 4.42 Å². The van der Waals surface area contributed by atoms with E-state index in [0.29, 0.717) is 0 Å². The summed E-state index contributed by atoms with van der Waals surface area (Å²) < 4.78 is 9.35. The molecular weight excluding hydrogens is 266 g/mol. The van der Waals surface area contributed by atoms with Crippen LogP contribution in [0.1, 0.15) is 10.6 Å². The van der Waals surface area contributed by atoms with Crippen molar-refractivity contribution in [2.75, 3.05) is 13.7 Å². The van der Waals surface area contributed by atoms with Gasteiger partial charge in [0.15, 0.2) is 5.76 Å². The van der Waals surface area contributed by atoms with Crippen LogP contribution in [0.2, 0.25) is 0 Å². The molecule has 0 fully saturated rings. The molecule has 0 bridgehead atoms. The molecule has 1 aromatic rings. The number of halogens is 1. The molecule has 0 aromatic carbocycles. The maximum atomic E-state index is 11.3. The molecule has 0 aliphatic heterocycles. The Bertz CT molecular complexity index is 336. The first-order chi connectivity index (χ1) is 7.15. The lowest BCUT2D eigenvalue weighted by Gasteiger charge is -2.07. The second kappa shape index (κ2) is 5.55. The van der Waals surface area contributed by atoms with Gasteiger partial charge in [0.1, 0.15) is 4.83 Å². The summed E-state index contributed by atoms with van der Waals surface area (Å²) in [5.74, 6) is -0.595. The van der Waals surface area contributed by atoms with Gasteiger partial charge in [0.2, 0.25) is 0 Å². The first kappa shape index (κ1) is 11.8. The summed E-state index contributed by atoms with van der Waals surface area (Å²) in [6.07, 6.45) is 1.40. The third-order valence-electron chi connectivity index (χ3n) is 1.64. The van der Waals surface area contributed by atoms with Gasteiger partial charge < -0.3 is 14.5 Å². The number of esters is 1. The molecule has 15 heavy (non-hydrogen) atoms. The fourth-order valence-corrected chi connectivity index (χ4v) is 1.24. The summed E-state index contributed by atoms with van der Waals surface area (Å²) in [6.45, 7) is 0.145. The van der Waals surface area contributed by atoms with Gasteiger partial charge in [-0.2, -0.15) is 0 Å². The largest absolute Gasteiger partial charge is 0.468 e. The zero-order valence-electron chi connectivity index (χ0n) is 8.03. The van der Waals surface area contributed by atoms with Crippen LogP contribution in [0, 0.1) is 0 Å². The molecule has 5 nitrogen and oxygen atoms in total. The Kier molecular flexibility index (Phi) is 4.36. The Labute approximate surface area is 94.9 Å². The molecule has 1 atom stereocenters. The van der Waals surface area contributed by atoms with Crippen molar-refractivity contribution in [1.82, 2.24) is 5.32 Å². The van der Waals surface area contributed by atoms with E-state index >= 15 is 0 Å². The molecule has 0 radical (unpaired) electrons. The van der Waals surface area contributed by atoms with Crippen molar-refractivity contribution < 1.29 is 18.7 Å². The van der Waals surface area contributed by atoms with Crippen LogP contribution >= 0.6 is 15.9 Å². The fourth-order valence-electron chi connectivity index (χ4n) is 0.888. The molecular formula is C9H10BrNO4. The van der Waals surface area contributed by atoms with Gasteiger partial charge in [-0.3, -0.25) is 9.59 Å². The van der Waals surface area contributed by atoms with Crippen molar-refractivity contribution in [3.8, 4) is 0 Å². The van der Waals surface area contributed by atoms with Crippen molar-refractivity contribution in [2.45, 2.75) is 4.83 Å². The van der Waals surface area contributed by atoms with Crippen LogP contribution in [-0.4, -0.2) is 30.4 Å². The van der Waals surface area contributed by atoms with E-state index in [1.54, 1.807) is 6.07 Å². The average Bonchev–Trinajstić information content (AvgIpc) is 2.77. The van der Waals surface area contributed by atoms with Crippen molar-refractivity contribution >= 4 is 27.8 Å². The summed E-state index contributed by atoms with van der Waals surface area (Å²) in [5, 5.41) is 2.52. The Morgan fingerprint density at radius 2 is 2.40 bits per heavy atom. The van der Waals surface area contributed by atoms with Gasteiger partial charge in [0.25, 0.3) is 5.91 Å². The van der Waals surface area contributed by atoms with Crippen LogP contribution < -0.4 is 5.32 Å². The molecule has 0 spiro atoms. The number of hydrogen-bond acceptors (Lipinski definition) is 4. The monoisotopic (exact) mass is 275 g/mol. The number of nitrogens with one attached hydrogen (secondary N) is 1. The summed E-state index contributed by atoms with van der Waals surface area (Å²) >= 11 is 3.08. The van der Waals surface area contributed by atoms with Crippen LogP contribution in [0.15, 0.2) is 22.8 Å². The highest BCUT2D eigenvalue weighted by Crippen LogP contribution is 2.02. The minimum absolute atomic E-state index is 0.145. The van der Waals surface area contributed by atoms with Gasteiger partial charge in [-0.05, 0) is 12.1 Å². The number of methoxy groups -OCH3 is 1. The predicted molar refractivity (Wildman–Crippen MR) is 55.8 cm³/mol. The zero-order valence-corrected chi connectivity index (χ0v) is 9.61. The van der Waals surface area contributed by atoms with Gasteiger partial charge in [-0.1, -0.05) is 15.9 Å². The molecule has 1 amide bonds. The highest BCUT2D eigenvalue weighted by molar-refractivity contribution is 9.10. The Morgan fingerprint density at radius 3 is 2.93 bits per heavy atom. The second-order valence-electron chi connectivity index (χ2n) is 2.68. The summed E-state index contributed by atoms with van der Waals surface area (Å²) in [5.41, 5.74) is 0. The van der Waals surface area contributed by atoms with Gasteiger partial charge in [0.05, 0.1) is 13.4 Å². The molecule has 0 saturated carbocycles. The quantitative estimate of drug-likeness (QED) is 0.656. The van der Waals surface area contributed by atoms with Gasteiger partial charge >= 0.3 is 5.97 Å². The number of furan rings is 1. The zero-order chi connectivity index (χ0) is 11.3. The summed E-state index contributed by atoms with van der Waals surface area (Å²) in [6, 6.07) is 3.15. The SMILES string of the molecule is COC(=O)C(Br)CNC(=O)c1ccco1. The van der Waals surface area contributed by atoms with E-state index in [1.807, 2.05) is 0 Å². The minimum Gasteiger partial charge on any atom is -0.468 e. The highest BCUT2D eigenvalue weighted by atomic mass is 79.9. The second-order valence-corrected chi connectivity index (χ2v) is 3.78. The topological polar surface area (TPSA) is 68.5 Å². The van der Waals surface area contributed by atoms with Crippen LogP contribution in [-0.2, 0) is 9.53 Å². The van der Waals surface area contributed by atoms with Crippen molar-refractivity contribution in [2.24, 2.45) is 0 Å². The molecule has 0 aliphatic rings. The fraction of sp³-hybridized carbons (Fsp3) is 0.333. The van der Waals surface area contributed by atoms with Crippen LogP contribution in [0.3, 0.4) is 0 Å². The number of carbonyl (C=O) groups is 2. The van der Waals surface area contributed by atoms with E-state index in [0.717, 1.165) is 0 Å². The molecule has 82 valence electrons. The molecule has 0 aliphatic carbocycles. The van der Waals surface area contributed by atoms with Gasteiger partial charge in [0, 0.05) is 6.54 Å². The van der Waals surface area contributed by atoms with E-state index in [9.17, 15) is 9.59 Å². The normalized spacial score (nSPS) is 11.9. The lowest BCUT2D eigenvalue weighted by Crippen LogP contribution is -2.33. The third kappa shape index (κ3) is 3.39. The molecule has 1 rings (SSSR count). The number of rotatable bonds is 4. The summed E-state index contributed by atoms with van der Waals surface area (Å²) in [4.78, 5) is 21.8. The van der Waals surface area contributed by atoms with Crippen molar-refractivity contribution in [1.29, 1.82) is 0 Å². The molecule has 1 unspecified atom stereocenters. The van der Waals surface area contributed by atoms with Crippen LogP contribution in [0.4, 0.5) is 0 Å². The Hall–Kier alpha value is -1.30. The molecule has 0 saturated heterocycles. The number of carbonyl (C=O) groups excluding carboxylic acids is 2. The summed E-state index contributed by atoms with van der Waals surface area (Å²) in [7, 11) is 1.28. The highest BCUT2D eigenvalue weighted by Gasteiger charge is 2.17. The molecule has 1 aromatic heterocycles. The van der Waals surface area contributed by atoms with Crippen LogP contribution in [0.5, 0.6) is 0 Å². The van der Waals surface area contributed by atoms with E-state index in [-0.39, 0.29) is 18.2 Å². The van der Waals surface area contributed by atoms with E-state index in [1.165, 1.54) is 19.4 Å². The maximum absolute atomic E-state index is 11.3. The smallest absolute Gasteiger partial charge is 0.321 e. The first-order valence-corrected chi connectivity index (χ1v) is 5.10. The lowest BCUT2D eigenvalue weighted by molar-refractivity contribution is -0.139. The predicted octanol–water partition coefficient (Wildman–Crippen LogP) is 0.946. The minimum atomic E-state index is -0.554. The third-order valence-corrected chi connectivity index (χ3v) is 2.34. The average molecular weight is 276 g/mol. The number of amides is 1. The van der Waals surface area contributed by atoms with E-state index < -0.39 is 10.8 Å². The lowest BCUT2D eigenvalue weighted by atomic mass is 10.4. The molecule has 6 heteroatoms. The van der Waals surface area contributed by atoms with Crippen molar-refractivity contribution in [3.05, 3.63) is 24.2 Å². The first-order valence-electron chi connectivity index (χ1n) is 4.18. The molecule has 1 heterocycles. The number of ether oxygens (including phenoxy) is 1. The Morgan fingerprint density at radius 1 is 1.67 bits per heavy atom. The van der Waals surface area contributed by atoms with Gasteiger partial charge in [-0.15, -0.1) is 0 Å². The van der Waals surface area contributed by atoms with E-state index in [2.05, 4.69) is 26.0 Å². The van der Waals surface area contributed by atoms with Crippen molar-refractivity contribution in [3.63, 3.8) is 0 Å².